The molecule has 5 nitrogen and oxygen atoms in total. The van der Waals surface area contributed by atoms with Crippen LogP contribution in [0.5, 0.6) is 0 Å². The third-order valence-electron chi connectivity index (χ3n) is 3.41. The smallest absolute Gasteiger partial charge is 0.180 e. The second-order valence-electron chi connectivity index (χ2n) is 4.46. The van der Waals surface area contributed by atoms with Crippen molar-refractivity contribution >= 4 is 0 Å². The molecule has 0 amide bonds. The lowest BCUT2D eigenvalue weighted by atomic mass is 10.1. The SMILES string of the molecule is c1cn(C2CCCC2NCc2cnco2)cn1. The van der Waals surface area contributed by atoms with E-state index in [2.05, 4.69) is 19.9 Å². The third-order valence-corrected chi connectivity index (χ3v) is 3.41. The van der Waals surface area contributed by atoms with Crippen molar-refractivity contribution in [3.63, 3.8) is 0 Å². The highest BCUT2D eigenvalue weighted by Crippen LogP contribution is 2.30. The lowest BCUT2D eigenvalue weighted by Gasteiger charge is -2.21. The molecule has 0 spiro atoms. The summed E-state index contributed by atoms with van der Waals surface area (Å²) in [6.07, 6.45) is 12.7. The number of imidazole rings is 1. The van der Waals surface area contributed by atoms with Crippen molar-refractivity contribution in [2.75, 3.05) is 0 Å². The van der Waals surface area contributed by atoms with E-state index >= 15 is 0 Å². The molecule has 0 bridgehead atoms. The van der Waals surface area contributed by atoms with Gasteiger partial charge in [-0.2, -0.15) is 0 Å². The van der Waals surface area contributed by atoms with Crippen LogP contribution in [-0.2, 0) is 6.54 Å². The number of hydrogen-bond acceptors (Lipinski definition) is 4. The van der Waals surface area contributed by atoms with E-state index in [9.17, 15) is 0 Å². The number of oxazole rings is 1. The highest BCUT2D eigenvalue weighted by molar-refractivity contribution is 4.94. The molecule has 90 valence electrons. The van der Waals surface area contributed by atoms with Gasteiger partial charge in [0.05, 0.1) is 19.1 Å². The van der Waals surface area contributed by atoms with E-state index in [0.717, 1.165) is 12.3 Å². The van der Waals surface area contributed by atoms with Crippen LogP contribution < -0.4 is 5.32 Å². The summed E-state index contributed by atoms with van der Waals surface area (Å²) in [4.78, 5) is 8.03. The summed E-state index contributed by atoms with van der Waals surface area (Å²) < 4.78 is 7.43. The predicted molar refractivity (Wildman–Crippen MR) is 62.2 cm³/mol. The quantitative estimate of drug-likeness (QED) is 0.872. The topological polar surface area (TPSA) is 55.9 Å². The van der Waals surface area contributed by atoms with Gasteiger partial charge in [0.15, 0.2) is 6.39 Å². The standard InChI is InChI=1S/C12H16N4O/c1-2-11(15-7-10-6-14-9-17-10)12(3-1)16-5-4-13-8-16/h4-6,8-9,11-12,15H,1-3,7H2. The van der Waals surface area contributed by atoms with Crippen LogP contribution in [-0.4, -0.2) is 20.6 Å². The summed E-state index contributed by atoms with van der Waals surface area (Å²) >= 11 is 0. The van der Waals surface area contributed by atoms with Gasteiger partial charge < -0.3 is 14.3 Å². The summed E-state index contributed by atoms with van der Waals surface area (Å²) in [6, 6.07) is 1.01. The van der Waals surface area contributed by atoms with Crippen LogP contribution in [0, 0.1) is 0 Å². The Kier molecular flexibility index (Phi) is 2.92. The first-order valence-electron chi connectivity index (χ1n) is 6.01. The molecule has 2 aromatic rings. The van der Waals surface area contributed by atoms with E-state index in [0.29, 0.717) is 12.1 Å². The van der Waals surface area contributed by atoms with Crippen molar-refractivity contribution in [1.82, 2.24) is 19.9 Å². The molecule has 2 aromatic heterocycles. The van der Waals surface area contributed by atoms with Gasteiger partial charge in [-0.3, -0.25) is 0 Å². The molecule has 17 heavy (non-hydrogen) atoms. The molecular weight excluding hydrogens is 216 g/mol. The van der Waals surface area contributed by atoms with Crippen molar-refractivity contribution in [3.05, 3.63) is 37.1 Å². The Bertz CT molecular complexity index is 437. The predicted octanol–water partition coefficient (Wildman–Crippen LogP) is 1.75. The molecule has 0 radical (unpaired) electrons. The van der Waals surface area contributed by atoms with Crippen molar-refractivity contribution in [3.8, 4) is 0 Å². The lowest BCUT2D eigenvalue weighted by Crippen LogP contribution is -2.33. The zero-order valence-corrected chi connectivity index (χ0v) is 9.62. The lowest BCUT2D eigenvalue weighted by molar-refractivity contribution is 0.371. The largest absolute Gasteiger partial charge is 0.447 e. The minimum Gasteiger partial charge on any atom is -0.447 e. The van der Waals surface area contributed by atoms with Gasteiger partial charge in [-0.15, -0.1) is 0 Å². The maximum absolute atomic E-state index is 5.23. The van der Waals surface area contributed by atoms with Crippen LogP contribution in [0.3, 0.4) is 0 Å². The van der Waals surface area contributed by atoms with Gasteiger partial charge in [-0.25, -0.2) is 9.97 Å². The minimum absolute atomic E-state index is 0.495. The maximum Gasteiger partial charge on any atom is 0.180 e. The van der Waals surface area contributed by atoms with Crippen LogP contribution in [0.2, 0.25) is 0 Å². The first-order valence-corrected chi connectivity index (χ1v) is 6.01. The average molecular weight is 232 g/mol. The van der Waals surface area contributed by atoms with Gasteiger partial charge in [-0.1, -0.05) is 0 Å². The van der Waals surface area contributed by atoms with Gasteiger partial charge in [0.25, 0.3) is 0 Å². The van der Waals surface area contributed by atoms with Gasteiger partial charge >= 0.3 is 0 Å². The molecule has 1 aliphatic carbocycles. The Balaban J connectivity index is 1.62. The molecule has 1 N–H and O–H groups in total. The zero-order valence-electron chi connectivity index (χ0n) is 9.62. The first kappa shape index (κ1) is 10.5. The molecule has 1 aliphatic rings. The second kappa shape index (κ2) is 4.71. The van der Waals surface area contributed by atoms with E-state index in [4.69, 9.17) is 4.42 Å². The summed E-state index contributed by atoms with van der Waals surface area (Å²) in [6.45, 7) is 0.746. The second-order valence-corrected chi connectivity index (χ2v) is 4.46. The van der Waals surface area contributed by atoms with Gasteiger partial charge in [0.1, 0.15) is 5.76 Å². The monoisotopic (exact) mass is 232 g/mol. The molecule has 1 fully saturated rings. The fourth-order valence-electron chi connectivity index (χ4n) is 2.56. The summed E-state index contributed by atoms with van der Waals surface area (Å²) in [5.41, 5.74) is 0. The molecular formula is C12H16N4O. The van der Waals surface area contributed by atoms with E-state index in [1.165, 1.54) is 25.7 Å². The van der Waals surface area contributed by atoms with Crippen molar-refractivity contribution < 1.29 is 4.42 Å². The van der Waals surface area contributed by atoms with Crippen LogP contribution in [0.1, 0.15) is 31.1 Å². The highest BCUT2D eigenvalue weighted by atomic mass is 16.3. The third kappa shape index (κ3) is 2.24. The summed E-state index contributed by atoms with van der Waals surface area (Å²) in [5, 5.41) is 3.54. The van der Waals surface area contributed by atoms with Crippen LogP contribution >= 0.6 is 0 Å². The van der Waals surface area contributed by atoms with Gasteiger partial charge in [0, 0.05) is 24.5 Å². The van der Waals surface area contributed by atoms with Crippen molar-refractivity contribution in [1.29, 1.82) is 0 Å². The van der Waals surface area contributed by atoms with E-state index in [1.54, 1.807) is 6.20 Å². The summed E-state index contributed by atoms with van der Waals surface area (Å²) in [5.74, 6) is 0.890. The first-order chi connectivity index (χ1) is 8.43. The highest BCUT2D eigenvalue weighted by Gasteiger charge is 2.27. The average Bonchev–Trinajstić information content (AvgIpc) is 3.09. The molecule has 1 saturated carbocycles. The van der Waals surface area contributed by atoms with Crippen molar-refractivity contribution in [2.45, 2.75) is 37.9 Å². The van der Waals surface area contributed by atoms with Crippen LogP contribution in [0.25, 0.3) is 0 Å². The van der Waals surface area contributed by atoms with Crippen molar-refractivity contribution in [2.24, 2.45) is 0 Å². The maximum atomic E-state index is 5.23. The number of nitrogens with one attached hydrogen (secondary N) is 1. The van der Waals surface area contributed by atoms with Gasteiger partial charge in [0.2, 0.25) is 0 Å². The summed E-state index contributed by atoms with van der Waals surface area (Å²) in [7, 11) is 0. The molecule has 0 aromatic carbocycles. The fourth-order valence-corrected chi connectivity index (χ4v) is 2.56. The Morgan fingerprint density at radius 3 is 3.18 bits per heavy atom. The van der Waals surface area contributed by atoms with Gasteiger partial charge in [-0.05, 0) is 19.3 Å². The Morgan fingerprint density at radius 1 is 1.41 bits per heavy atom. The fraction of sp³-hybridized carbons (Fsp3) is 0.500. The Morgan fingerprint density at radius 2 is 2.41 bits per heavy atom. The molecule has 0 aliphatic heterocycles. The minimum atomic E-state index is 0.495. The molecule has 2 unspecified atom stereocenters. The number of rotatable bonds is 4. The molecule has 2 heterocycles. The zero-order chi connectivity index (χ0) is 11.5. The normalized spacial score (nSPS) is 24.2. The number of nitrogens with zero attached hydrogens (tertiary/aromatic N) is 3. The van der Waals surface area contributed by atoms with Crippen LogP contribution in [0.15, 0.2) is 35.7 Å². The molecule has 3 rings (SSSR count). The number of aromatic nitrogens is 3. The van der Waals surface area contributed by atoms with E-state index < -0.39 is 0 Å². The van der Waals surface area contributed by atoms with E-state index in [1.807, 2.05) is 18.7 Å². The molecule has 2 atom stereocenters. The molecule has 0 saturated heterocycles. The Hall–Kier alpha value is -1.62. The Labute approximate surface area is 99.9 Å². The van der Waals surface area contributed by atoms with E-state index in [-0.39, 0.29) is 0 Å². The number of hydrogen-bond donors (Lipinski definition) is 1. The van der Waals surface area contributed by atoms with Crippen LogP contribution in [0.4, 0.5) is 0 Å². The molecule has 5 heteroatoms.